The van der Waals surface area contributed by atoms with E-state index in [1.54, 1.807) is 0 Å². The molecule has 6 aromatic rings. The van der Waals surface area contributed by atoms with E-state index >= 15 is 0 Å². The smallest absolute Gasteiger partial charge is 0.0491 e. The summed E-state index contributed by atoms with van der Waals surface area (Å²) in [6.07, 6.45) is 13.5. The van der Waals surface area contributed by atoms with E-state index in [1.165, 1.54) is 74.4 Å². The van der Waals surface area contributed by atoms with Gasteiger partial charge in [-0.05, 0) is 127 Å². The van der Waals surface area contributed by atoms with Crippen LogP contribution in [-0.2, 0) is 37.6 Å². The number of aromatic nitrogens is 1. The molecule has 0 aliphatic rings. The Kier molecular flexibility index (Phi) is 16.4. The maximum atomic E-state index is 3.55. The van der Waals surface area contributed by atoms with Gasteiger partial charge in [-0.25, -0.2) is 0 Å². The molecule has 1 heterocycles. The molecule has 2 nitrogen and oxygen atoms in total. The zero-order valence-corrected chi connectivity index (χ0v) is 36.6. The summed E-state index contributed by atoms with van der Waals surface area (Å²) in [5.41, 5.74) is 14.0. The lowest BCUT2D eigenvalue weighted by atomic mass is 9.86. The average Bonchev–Trinajstić information content (AvgIpc) is 3.53. The van der Waals surface area contributed by atoms with E-state index in [2.05, 4.69) is 207 Å². The number of nitrogens with zero attached hydrogens (tertiary/aromatic N) is 1. The quantitative estimate of drug-likeness (QED) is 0.131. The minimum atomic E-state index is 0.176. The Bertz CT molecular complexity index is 2070. The van der Waals surface area contributed by atoms with E-state index in [0.29, 0.717) is 5.41 Å². The molecule has 0 saturated carbocycles. The number of fused-ring (bicyclic) bond motifs is 3. The Morgan fingerprint density at radius 1 is 0.607 bits per heavy atom. The van der Waals surface area contributed by atoms with Crippen molar-refractivity contribution < 1.29 is 0 Å². The fraction of sp³-hybridized carbons (Fsp3) is 0.370. The van der Waals surface area contributed by atoms with Gasteiger partial charge in [0.15, 0.2) is 0 Å². The van der Waals surface area contributed by atoms with Gasteiger partial charge in [0.25, 0.3) is 0 Å². The molecule has 0 aliphatic carbocycles. The van der Waals surface area contributed by atoms with E-state index in [-0.39, 0.29) is 5.41 Å². The first-order valence-corrected chi connectivity index (χ1v) is 21.2. The third-order valence-corrected chi connectivity index (χ3v) is 10.5. The Hall–Kier alpha value is -4.82. The number of hydrogen-bond acceptors (Lipinski definition) is 1. The van der Waals surface area contributed by atoms with Crippen molar-refractivity contribution in [3.05, 3.63) is 167 Å². The molecule has 0 atom stereocenters. The van der Waals surface area contributed by atoms with Crippen molar-refractivity contribution >= 4 is 33.2 Å². The summed E-state index contributed by atoms with van der Waals surface area (Å²) in [7, 11) is 0. The highest BCUT2D eigenvalue weighted by Crippen LogP contribution is 2.29. The summed E-state index contributed by atoms with van der Waals surface area (Å²) in [4.78, 5) is 0. The minimum Gasteiger partial charge on any atom is -0.355 e. The maximum absolute atomic E-state index is 3.55. The van der Waals surface area contributed by atoms with Crippen molar-refractivity contribution in [3.63, 3.8) is 0 Å². The number of anilines is 1. The predicted octanol–water partition coefficient (Wildman–Crippen LogP) is 15.6. The number of aryl methyl sites for hydroxylation is 5. The highest BCUT2D eigenvalue weighted by Gasteiger charge is 2.14. The van der Waals surface area contributed by atoms with E-state index < -0.39 is 0 Å². The molecule has 0 saturated heterocycles. The predicted molar refractivity (Wildman–Crippen MR) is 250 cm³/mol. The van der Waals surface area contributed by atoms with Crippen molar-refractivity contribution in [1.82, 2.24) is 4.57 Å². The van der Waals surface area contributed by atoms with Crippen LogP contribution in [0, 0.1) is 5.41 Å². The van der Waals surface area contributed by atoms with Crippen LogP contribution >= 0.6 is 0 Å². The number of rotatable bonds is 11. The number of benzene rings is 5. The average molecular weight is 747 g/mol. The van der Waals surface area contributed by atoms with Gasteiger partial charge in [-0.3, -0.25) is 0 Å². The van der Waals surface area contributed by atoms with E-state index in [1.807, 2.05) is 13.0 Å². The second-order valence-electron chi connectivity index (χ2n) is 17.2. The summed E-state index contributed by atoms with van der Waals surface area (Å²) in [6, 6.07) is 41.8. The van der Waals surface area contributed by atoms with Crippen LogP contribution in [0.4, 0.5) is 5.69 Å². The number of allylic oxidation sites excluding steroid dienone is 3. The van der Waals surface area contributed by atoms with Crippen molar-refractivity contribution in [1.29, 1.82) is 0 Å². The van der Waals surface area contributed by atoms with Crippen molar-refractivity contribution in [2.75, 3.05) is 5.32 Å². The first-order valence-electron chi connectivity index (χ1n) is 21.2. The van der Waals surface area contributed by atoms with Gasteiger partial charge in [0.1, 0.15) is 0 Å². The van der Waals surface area contributed by atoms with Gasteiger partial charge in [-0.2, -0.15) is 0 Å². The Morgan fingerprint density at radius 3 is 1.59 bits per heavy atom. The van der Waals surface area contributed by atoms with Crippen LogP contribution in [0.25, 0.3) is 27.5 Å². The molecule has 2 heteroatoms. The van der Waals surface area contributed by atoms with Gasteiger partial charge in [0, 0.05) is 39.7 Å². The zero-order chi connectivity index (χ0) is 40.7. The molecule has 1 N–H and O–H groups in total. The standard InChI is InChI=1S/C23H29N.C17H28.C14H13N/c1-6-8-9-22(24-21-16-10-18(7-2)11-17-21)19-12-14-20(15-13-19)23(3,4)5;1-6-14-11-15(7-2)13-16(12-14)9-8-10-17(3,4)5;1-2-15-13-9-5-3-7-11(13)12-8-4-6-10-14(12)15/h6,8-17,24H,7H2,1-5H3;11-13H,6-10H2,1-5H3;3-10H,2H2,1H3/b8-6-,22-9-;;. The molecular weight excluding hydrogens is 677 g/mol. The highest BCUT2D eigenvalue weighted by atomic mass is 15.0. The second kappa shape index (κ2) is 20.9. The molecule has 1 aromatic heterocycles. The van der Waals surface area contributed by atoms with Gasteiger partial charge < -0.3 is 9.88 Å². The molecule has 5 aromatic carbocycles. The largest absolute Gasteiger partial charge is 0.355 e. The van der Waals surface area contributed by atoms with Crippen LogP contribution in [0.1, 0.15) is 122 Å². The monoisotopic (exact) mass is 747 g/mol. The summed E-state index contributed by atoms with van der Waals surface area (Å²) in [5.74, 6) is 0. The van der Waals surface area contributed by atoms with Crippen LogP contribution < -0.4 is 5.32 Å². The molecule has 0 radical (unpaired) electrons. The number of nitrogens with one attached hydrogen (secondary N) is 1. The molecule has 0 aliphatic heterocycles. The molecule has 6 rings (SSSR count). The Labute approximate surface area is 340 Å². The van der Waals surface area contributed by atoms with Crippen LogP contribution in [0.3, 0.4) is 0 Å². The van der Waals surface area contributed by atoms with E-state index in [0.717, 1.165) is 37.2 Å². The van der Waals surface area contributed by atoms with Gasteiger partial charge in [0.05, 0.1) is 0 Å². The summed E-state index contributed by atoms with van der Waals surface area (Å²) < 4.78 is 2.37. The Balaban J connectivity index is 0.000000193. The molecule has 0 bridgehead atoms. The third kappa shape index (κ3) is 12.9. The van der Waals surface area contributed by atoms with Crippen molar-refractivity contribution in [2.24, 2.45) is 5.41 Å². The Morgan fingerprint density at radius 2 is 1.12 bits per heavy atom. The van der Waals surface area contributed by atoms with Crippen LogP contribution in [0.15, 0.2) is 133 Å². The second-order valence-corrected chi connectivity index (χ2v) is 17.2. The molecule has 56 heavy (non-hydrogen) atoms. The van der Waals surface area contributed by atoms with Gasteiger partial charge >= 0.3 is 0 Å². The fourth-order valence-corrected chi connectivity index (χ4v) is 7.09. The lowest BCUT2D eigenvalue weighted by Crippen LogP contribution is -2.11. The first-order chi connectivity index (χ1) is 26.8. The zero-order valence-electron chi connectivity index (χ0n) is 36.6. The molecule has 0 amide bonds. The van der Waals surface area contributed by atoms with E-state index in [9.17, 15) is 0 Å². The van der Waals surface area contributed by atoms with Crippen LogP contribution in [0.2, 0.25) is 0 Å². The van der Waals surface area contributed by atoms with E-state index in [4.69, 9.17) is 0 Å². The SMILES string of the molecule is C/C=C\C=C(/Nc1ccc(CC)cc1)c1ccc(C(C)(C)C)cc1.CCc1cc(CC)cc(CCCC(C)(C)C)c1.CCn1c2ccccc2c2ccccc21. The molecule has 0 fully saturated rings. The van der Waals surface area contributed by atoms with Crippen molar-refractivity contribution in [3.8, 4) is 0 Å². The fourth-order valence-electron chi connectivity index (χ4n) is 7.09. The molecule has 296 valence electrons. The molecule has 0 spiro atoms. The third-order valence-electron chi connectivity index (χ3n) is 10.5. The lowest BCUT2D eigenvalue weighted by Gasteiger charge is -2.20. The summed E-state index contributed by atoms with van der Waals surface area (Å²) >= 11 is 0. The highest BCUT2D eigenvalue weighted by molar-refractivity contribution is 6.07. The number of para-hydroxylation sites is 2. The van der Waals surface area contributed by atoms with Crippen LogP contribution in [0.5, 0.6) is 0 Å². The number of hydrogen-bond donors (Lipinski definition) is 1. The first kappa shape index (κ1) is 43.9. The summed E-state index contributed by atoms with van der Waals surface area (Å²) in [6.45, 7) is 25.6. The van der Waals surface area contributed by atoms with Crippen LogP contribution in [-0.4, -0.2) is 4.57 Å². The molecule has 0 unspecified atom stereocenters. The van der Waals surface area contributed by atoms with Gasteiger partial charge in [-0.1, -0.05) is 165 Å². The van der Waals surface area contributed by atoms with Crippen molar-refractivity contribution in [2.45, 2.75) is 127 Å². The van der Waals surface area contributed by atoms with Gasteiger partial charge in [-0.15, -0.1) is 0 Å². The van der Waals surface area contributed by atoms with Gasteiger partial charge in [0.2, 0.25) is 0 Å². The maximum Gasteiger partial charge on any atom is 0.0491 e. The minimum absolute atomic E-state index is 0.176. The summed E-state index contributed by atoms with van der Waals surface area (Å²) in [5, 5.41) is 6.26. The lowest BCUT2D eigenvalue weighted by molar-refractivity contribution is 0.365. The topological polar surface area (TPSA) is 17.0 Å². The normalized spacial score (nSPS) is 12.0. The molecular formula is C54H70N2.